The molecule has 0 N–H and O–H groups in total. The van der Waals surface area contributed by atoms with Crippen LogP contribution in [0.15, 0.2) is 48.5 Å². The summed E-state index contributed by atoms with van der Waals surface area (Å²) in [6.45, 7) is 2.95. The van der Waals surface area contributed by atoms with Gasteiger partial charge < -0.3 is 9.47 Å². The number of benzene rings is 2. The number of hydrogen-bond acceptors (Lipinski definition) is 4. The van der Waals surface area contributed by atoms with Crippen LogP contribution in [0.4, 0.5) is 8.78 Å². The minimum atomic E-state index is -2.37. The predicted molar refractivity (Wildman–Crippen MR) is 101 cm³/mol. The summed E-state index contributed by atoms with van der Waals surface area (Å²) in [5.41, 5.74) is 2.12. The van der Waals surface area contributed by atoms with Crippen LogP contribution in [0.5, 0.6) is 11.5 Å². The Labute approximate surface area is 159 Å². The van der Waals surface area contributed by atoms with Gasteiger partial charge in [0.2, 0.25) is 0 Å². The fraction of sp³-hybridized carbons (Fsp3) is 0.429. The van der Waals surface area contributed by atoms with E-state index in [-0.39, 0.29) is 0 Å². The summed E-state index contributed by atoms with van der Waals surface area (Å²) >= 11 is 0. The van der Waals surface area contributed by atoms with Gasteiger partial charge in [0, 0.05) is 32.7 Å². The smallest absolute Gasteiger partial charge is 0.255 e. The van der Waals surface area contributed by atoms with Crippen molar-refractivity contribution in [3.8, 4) is 11.5 Å². The number of nitrogens with zero attached hydrogens (tertiary/aromatic N) is 2. The number of halogens is 2. The van der Waals surface area contributed by atoms with Crippen LogP contribution >= 0.6 is 0 Å². The van der Waals surface area contributed by atoms with Crippen LogP contribution < -0.4 is 9.47 Å². The van der Waals surface area contributed by atoms with Gasteiger partial charge in [0.1, 0.15) is 11.5 Å². The fourth-order valence-corrected chi connectivity index (χ4v) is 3.44. The molecule has 146 valence electrons. The van der Waals surface area contributed by atoms with E-state index in [1.807, 2.05) is 53.4 Å². The van der Waals surface area contributed by atoms with Crippen LogP contribution in [0.2, 0.25) is 0 Å². The molecule has 0 spiro atoms. The van der Waals surface area contributed by atoms with E-state index in [1.165, 1.54) is 0 Å². The van der Waals surface area contributed by atoms with Crippen LogP contribution in [-0.4, -0.2) is 56.1 Å². The molecule has 4 nitrogen and oxygen atoms in total. The number of rotatable bonds is 7. The van der Waals surface area contributed by atoms with Gasteiger partial charge in [-0.2, -0.15) is 0 Å². The highest BCUT2D eigenvalue weighted by Gasteiger charge is 2.33. The number of piperazine rings is 1. The van der Waals surface area contributed by atoms with Crippen LogP contribution in [0.25, 0.3) is 0 Å². The molecule has 1 saturated heterocycles. The molecule has 6 heteroatoms. The van der Waals surface area contributed by atoms with Gasteiger partial charge >= 0.3 is 0 Å². The first kappa shape index (κ1) is 19.6. The van der Waals surface area contributed by atoms with Gasteiger partial charge in [-0.3, -0.25) is 9.80 Å². The second-order valence-corrected chi connectivity index (χ2v) is 6.80. The molecule has 2 aromatic carbocycles. The second kappa shape index (κ2) is 9.15. The lowest BCUT2D eigenvalue weighted by molar-refractivity contribution is -0.0300. The Morgan fingerprint density at radius 2 is 1.37 bits per heavy atom. The third-order valence-corrected chi connectivity index (χ3v) is 5.02. The second-order valence-electron chi connectivity index (χ2n) is 6.80. The predicted octanol–water partition coefficient (Wildman–Crippen LogP) is 3.66. The summed E-state index contributed by atoms with van der Waals surface area (Å²) in [6, 6.07) is 14.6. The first-order valence-electron chi connectivity index (χ1n) is 9.09. The first-order chi connectivity index (χ1) is 13.1. The minimum Gasteiger partial charge on any atom is -0.497 e. The monoisotopic (exact) mass is 376 g/mol. The minimum absolute atomic E-state index is 0.361. The average Bonchev–Trinajstić information content (AvgIpc) is 2.70. The maximum atomic E-state index is 13.7. The molecule has 1 aliphatic rings. The van der Waals surface area contributed by atoms with E-state index >= 15 is 0 Å². The molecule has 0 aromatic heterocycles. The van der Waals surface area contributed by atoms with Crippen LogP contribution in [-0.2, 0) is 13.1 Å². The van der Waals surface area contributed by atoms with E-state index in [0.717, 1.165) is 29.2 Å². The molecule has 2 aromatic rings. The normalized spacial score (nSPS) is 18.6. The summed E-state index contributed by atoms with van der Waals surface area (Å²) in [4.78, 5) is 3.99. The Morgan fingerprint density at radius 3 is 1.85 bits per heavy atom. The molecule has 3 rings (SSSR count). The Hall–Kier alpha value is -2.18. The van der Waals surface area contributed by atoms with Crippen molar-refractivity contribution in [1.29, 1.82) is 0 Å². The molecule has 0 amide bonds. The van der Waals surface area contributed by atoms with E-state index in [4.69, 9.17) is 9.47 Å². The van der Waals surface area contributed by atoms with E-state index in [0.29, 0.717) is 26.2 Å². The van der Waals surface area contributed by atoms with Crippen LogP contribution in [0.1, 0.15) is 11.1 Å². The molecule has 0 saturated carbocycles. The molecule has 1 fully saturated rings. The van der Waals surface area contributed by atoms with Gasteiger partial charge in [0.15, 0.2) is 0 Å². The van der Waals surface area contributed by atoms with Crippen LogP contribution in [0.3, 0.4) is 0 Å². The maximum Gasteiger partial charge on any atom is 0.255 e. The van der Waals surface area contributed by atoms with Gasteiger partial charge in [-0.25, -0.2) is 8.78 Å². The van der Waals surface area contributed by atoms with Crippen molar-refractivity contribution in [3.05, 3.63) is 59.7 Å². The fourth-order valence-electron chi connectivity index (χ4n) is 3.44. The van der Waals surface area contributed by atoms with Gasteiger partial charge in [-0.15, -0.1) is 0 Å². The summed E-state index contributed by atoms with van der Waals surface area (Å²) in [5.74, 6) is 1.57. The van der Waals surface area contributed by atoms with E-state index in [1.54, 1.807) is 14.2 Å². The summed E-state index contributed by atoms with van der Waals surface area (Å²) in [7, 11) is 3.24. The first-order valence-corrected chi connectivity index (χ1v) is 9.09. The molecule has 0 unspecified atom stereocenters. The van der Waals surface area contributed by atoms with Gasteiger partial charge in [0.25, 0.3) is 6.43 Å². The molecule has 1 atom stereocenters. The lowest BCUT2D eigenvalue weighted by Crippen LogP contribution is -2.55. The Kier molecular flexibility index (Phi) is 6.63. The van der Waals surface area contributed by atoms with Crippen molar-refractivity contribution in [2.75, 3.05) is 33.9 Å². The Balaban J connectivity index is 1.61. The quantitative estimate of drug-likeness (QED) is 0.736. The topological polar surface area (TPSA) is 24.9 Å². The summed E-state index contributed by atoms with van der Waals surface area (Å²) in [5, 5.41) is 0. The maximum absolute atomic E-state index is 13.7. The summed E-state index contributed by atoms with van der Waals surface area (Å²) < 4.78 is 37.7. The van der Waals surface area contributed by atoms with Gasteiger partial charge in [0.05, 0.1) is 20.3 Å². The van der Waals surface area contributed by atoms with Gasteiger partial charge in [-0.1, -0.05) is 24.3 Å². The zero-order valence-electron chi connectivity index (χ0n) is 15.8. The van der Waals surface area contributed by atoms with Crippen molar-refractivity contribution in [2.24, 2.45) is 0 Å². The molecular formula is C21H26F2N2O2. The standard InChI is InChI=1S/C21H26F2N2O2/c1-26-18-7-3-16(4-8-18)13-24-11-12-25(20(15-24)21(22)23)14-17-5-9-19(27-2)10-6-17/h3-10,20-21H,11-15H2,1-2H3/t20-/m1/s1. The third kappa shape index (κ3) is 5.17. The summed E-state index contributed by atoms with van der Waals surface area (Å²) in [6.07, 6.45) is -2.37. The highest BCUT2D eigenvalue weighted by Crippen LogP contribution is 2.22. The lowest BCUT2D eigenvalue weighted by atomic mass is 10.1. The highest BCUT2D eigenvalue weighted by molar-refractivity contribution is 5.28. The number of alkyl halides is 2. The Morgan fingerprint density at radius 1 is 0.852 bits per heavy atom. The zero-order valence-corrected chi connectivity index (χ0v) is 15.8. The SMILES string of the molecule is COc1ccc(CN2CCN(Cc3ccc(OC)cc3)[C@@H](C(F)F)C2)cc1. The van der Waals surface area contributed by atoms with Crippen molar-refractivity contribution in [1.82, 2.24) is 9.80 Å². The number of hydrogen-bond donors (Lipinski definition) is 0. The largest absolute Gasteiger partial charge is 0.497 e. The molecule has 0 radical (unpaired) electrons. The van der Waals surface area contributed by atoms with E-state index in [2.05, 4.69) is 4.90 Å². The number of ether oxygens (including phenoxy) is 2. The van der Waals surface area contributed by atoms with Crippen molar-refractivity contribution < 1.29 is 18.3 Å². The van der Waals surface area contributed by atoms with E-state index in [9.17, 15) is 8.78 Å². The van der Waals surface area contributed by atoms with Crippen molar-refractivity contribution in [3.63, 3.8) is 0 Å². The molecule has 0 aliphatic carbocycles. The molecule has 1 aliphatic heterocycles. The van der Waals surface area contributed by atoms with Crippen molar-refractivity contribution in [2.45, 2.75) is 25.6 Å². The van der Waals surface area contributed by atoms with E-state index < -0.39 is 12.5 Å². The van der Waals surface area contributed by atoms with Gasteiger partial charge in [-0.05, 0) is 35.4 Å². The van der Waals surface area contributed by atoms with Crippen molar-refractivity contribution >= 4 is 0 Å². The molecular weight excluding hydrogens is 350 g/mol. The highest BCUT2D eigenvalue weighted by atomic mass is 19.3. The average molecular weight is 376 g/mol. The zero-order chi connectivity index (χ0) is 19.2. The lowest BCUT2D eigenvalue weighted by Gasteiger charge is -2.41. The number of methoxy groups -OCH3 is 2. The molecule has 1 heterocycles. The Bertz CT molecular complexity index is 707. The third-order valence-electron chi connectivity index (χ3n) is 5.02. The molecule has 0 bridgehead atoms. The molecule has 27 heavy (non-hydrogen) atoms. The van der Waals surface area contributed by atoms with Crippen LogP contribution in [0, 0.1) is 0 Å².